The molecule has 2 heterocycles. The van der Waals surface area contributed by atoms with Gasteiger partial charge in [0.05, 0.1) is 6.04 Å². The van der Waals surface area contributed by atoms with Gasteiger partial charge in [0.1, 0.15) is 11.4 Å². The van der Waals surface area contributed by atoms with E-state index in [1.807, 2.05) is 17.5 Å². The van der Waals surface area contributed by atoms with Gasteiger partial charge in [-0.1, -0.05) is 31.0 Å². The second kappa shape index (κ2) is 7.94. The van der Waals surface area contributed by atoms with Gasteiger partial charge in [-0.05, 0) is 42.0 Å². The maximum Gasteiger partial charge on any atom is 0.325 e. The Morgan fingerprint density at radius 3 is 2.59 bits per heavy atom. The number of halogens is 1. The number of hydrogen-bond acceptors (Lipinski definition) is 4. The molecule has 1 aromatic heterocycles. The van der Waals surface area contributed by atoms with Crippen molar-refractivity contribution in [2.24, 2.45) is 0 Å². The molecule has 1 aliphatic heterocycles. The number of nitrogens with zero attached hydrogens (tertiary/aromatic N) is 1. The van der Waals surface area contributed by atoms with Gasteiger partial charge in [0.2, 0.25) is 5.91 Å². The van der Waals surface area contributed by atoms with E-state index in [9.17, 15) is 18.8 Å². The van der Waals surface area contributed by atoms with E-state index >= 15 is 0 Å². The molecule has 2 fully saturated rings. The van der Waals surface area contributed by atoms with Crippen molar-refractivity contribution in [1.82, 2.24) is 15.5 Å². The van der Waals surface area contributed by atoms with Crippen LogP contribution in [0.2, 0.25) is 0 Å². The molecule has 6 nitrogen and oxygen atoms in total. The molecule has 4 amide bonds. The molecular formula is C21H22FN3O3S. The van der Waals surface area contributed by atoms with Gasteiger partial charge in [-0.15, -0.1) is 11.3 Å². The molecule has 2 aliphatic rings. The van der Waals surface area contributed by atoms with Crippen LogP contribution < -0.4 is 10.6 Å². The maximum absolute atomic E-state index is 13.3. The van der Waals surface area contributed by atoms with Crippen molar-refractivity contribution >= 4 is 29.2 Å². The lowest BCUT2D eigenvalue weighted by Gasteiger charge is -2.21. The van der Waals surface area contributed by atoms with Gasteiger partial charge < -0.3 is 10.6 Å². The van der Waals surface area contributed by atoms with Gasteiger partial charge in [-0.2, -0.15) is 0 Å². The molecule has 1 spiro atoms. The lowest BCUT2D eigenvalue weighted by atomic mass is 9.98. The van der Waals surface area contributed by atoms with Crippen LogP contribution in [0, 0.1) is 5.82 Å². The molecule has 1 saturated heterocycles. The fourth-order valence-electron chi connectivity index (χ4n) is 4.07. The molecule has 0 radical (unpaired) electrons. The van der Waals surface area contributed by atoms with E-state index in [0.29, 0.717) is 12.8 Å². The van der Waals surface area contributed by atoms with Gasteiger partial charge in [-0.25, -0.2) is 9.18 Å². The first-order chi connectivity index (χ1) is 14.0. The van der Waals surface area contributed by atoms with Crippen molar-refractivity contribution < 1.29 is 18.8 Å². The third kappa shape index (κ3) is 3.89. The van der Waals surface area contributed by atoms with Gasteiger partial charge >= 0.3 is 6.03 Å². The van der Waals surface area contributed by atoms with Crippen molar-refractivity contribution in [1.29, 1.82) is 0 Å². The second-order valence-corrected chi connectivity index (χ2v) is 8.47. The van der Waals surface area contributed by atoms with Crippen molar-refractivity contribution in [2.45, 2.75) is 43.7 Å². The van der Waals surface area contributed by atoms with Crippen molar-refractivity contribution in [3.8, 4) is 0 Å². The molecule has 2 N–H and O–H groups in total. The summed E-state index contributed by atoms with van der Waals surface area (Å²) in [6, 6.07) is 8.96. The molecule has 1 saturated carbocycles. The Hall–Kier alpha value is -2.74. The van der Waals surface area contributed by atoms with E-state index in [4.69, 9.17) is 0 Å². The molecule has 0 unspecified atom stereocenters. The van der Waals surface area contributed by atoms with Crippen molar-refractivity contribution in [2.75, 3.05) is 6.54 Å². The molecule has 1 aromatic carbocycles. The summed E-state index contributed by atoms with van der Waals surface area (Å²) in [6.45, 7) is 0.0405. The predicted molar refractivity (Wildman–Crippen MR) is 107 cm³/mol. The number of thiophene rings is 1. The van der Waals surface area contributed by atoms with Crippen LogP contribution in [-0.4, -0.2) is 34.8 Å². The Labute approximate surface area is 172 Å². The average molecular weight is 415 g/mol. The topological polar surface area (TPSA) is 78.5 Å². The standard InChI is InChI=1S/C21H22FN3O3S/c22-15-7-5-14(6-8-15)18(16-4-3-13-29-16)23-17(26)9-12-25-19(27)21(24-20(25)28)10-1-2-11-21/h3-8,13,18H,1-2,9-12H2,(H,23,26)(H,24,28)/t18-/m1/s1. The van der Waals surface area contributed by atoms with Gasteiger partial charge in [0, 0.05) is 17.8 Å². The molecule has 152 valence electrons. The Morgan fingerprint density at radius 1 is 1.21 bits per heavy atom. The summed E-state index contributed by atoms with van der Waals surface area (Å²) in [5, 5.41) is 7.68. The fourth-order valence-corrected chi connectivity index (χ4v) is 4.88. The average Bonchev–Trinajstić information content (AvgIpc) is 3.43. The van der Waals surface area contributed by atoms with Crippen LogP contribution in [0.15, 0.2) is 41.8 Å². The van der Waals surface area contributed by atoms with Crippen LogP contribution in [0.25, 0.3) is 0 Å². The molecule has 8 heteroatoms. The second-order valence-electron chi connectivity index (χ2n) is 7.49. The quantitative estimate of drug-likeness (QED) is 0.711. The number of benzene rings is 1. The number of hydrogen-bond donors (Lipinski definition) is 2. The van der Waals surface area contributed by atoms with E-state index in [1.54, 1.807) is 12.1 Å². The summed E-state index contributed by atoms with van der Waals surface area (Å²) < 4.78 is 13.3. The Bertz CT molecular complexity index is 908. The first kappa shape index (κ1) is 19.6. The SMILES string of the molecule is O=C(CCN1C(=O)NC2(CCCC2)C1=O)N[C@H](c1ccc(F)cc1)c1cccs1. The van der Waals surface area contributed by atoms with Crippen molar-refractivity contribution in [3.05, 3.63) is 58.0 Å². The third-order valence-corrected chi connectivity index (χ3v) is 6.54. The monoisotopic (exact) mass is 415 g/mol. The minimum absolute atomic E-state index is 0.0122. The highest BCUT2D eigenvalue weighted by molar-refractivity contribution is 7.10. The predicted octanol–water partition coefficient (Wildman–Crippen LogP) is 3.35. The number of carbonyl (C=O) groups is 3. The minimum Gasteiger partial charge on any atom is -0.344 e. The van der Waals surface area contributed by atoms with E-state index in [-0.39, 0.29) is 30.6 Å². The summed E-state index contributed by atoms with van der Waals surface area (Å²) in [5.74, 6) is -0.841. The van der Waals surface area contributed by atoms with Crippen LogP contribution in [-0.2, 0) is 9.59 Å². The molecule has 1 atom stereocenters. The highest BCUT2D eigenvalue weighted by atomic mass is 32.1. The fraction of sp³-hybridized carbons (Fsp3) is 0.381. The van der Waals surface area contributed by atoms with Crippen LogP contribution in [0.5, 0.6) is 0 Å². The molecule has 4 rings (SSSR count). The first-order valence-electron chi connectivity index (χ1n) is 9.71. The first-order valence-corrected chi connectivity index (χ1v) is 10.6. The summed E-state index contributed by atoms with van der Waals surface area (Å²) in [5.41, 5.74) is 0.00311. The van der Waals surface area contributed by atoms with Crippen LogP contribution in [0.1, 0.15) is 48.6 Å². The number of carbonyl (C=O) groups excluding carboxylic acids is 3. The number of amides is 4. The number of rotatable bonds is 6. The van der Waals surface area contributed by atoms with Crippen LogP contribution in [0.4, 0.5) is 9.18 Å². The molecule has 2 aromatic rings. The van der Waals surface area contributed by atoms with Gasteiger partial charge in [0.25, 0.3) is 5.91 Å². The summed E-state index contributed by atoms with van der Waals surface area (Å²) in [7, 11) is 0. The zero-order chi connectivity index (χ0) is 20.4. The molecule has 1 aliphatic carbocycles. The minimum atomic E-state index is -0.763. The Kier molecular flexibility index (Phi) is 5.36. The number of nitrogens with one attached hydrogen (secondary N) is 2. The van der Waals surface area contributed by atoms with Crippen molar-refractivity contribution in [3.63, 3.8) is 0 Å². The van der Waals surface area contributed by atoms with Gasteiger partial charge in [0.15, 0.2) is 0 Å². The number of imide groups is 1. The van der Waals surface area contributed by atoms with Crippen LogP contribution >= 0.6 is 11.3 Å². The smallest absolute Gasteiger partial charge is 0.325 e. The molecule has 0 bridgehead atoms. The number of urea groups is 1. The summed E-state index contributed by atoms with van der Waals surface area (Å²) in [4.78, 5) is 39.6. The van der Waals surface area contributed by atoms with E-state index in [0.717, 1.165) is 28.2 Å². The Balaban J connectivity index is 1.42. The normalized spacial score (nSPS) is 18.9. The third-order valence-electron chi connectivity index (χ3n) is 5.60. The molecular weight excluding hydrogens is 393 g/mol. The highest BCUT2D eigenvalue weighted by Gasteiger charge is 2.52. The highest BCUT2D eigenvalue weighted by Crippen LogP contribution is 2.35. The lowest BCUT2D eigenvalue weighted by Crippen LogP contribution is -2.44. The van der Waals surface area contributed by atoms with E-state index in [2.05, 4.69) is 10.6 Å². The maximum atomic E-state index is 13.3. The van der Waals surface area contributed by atoms with Crippen LogP contribution in [0.3, 0.4) is 0 Å². The molecule has 29 heavy (non-hydrogen) atoms. The summed E-state index contributed by atoms with van der Waals surface area (Å²) in [6.07, 6.45) is 3.16. The zero-order valence-corrected chi connectivity index (χ0v) is 16.6. The van der Waals surface area contributed by atoms with E-state index < -0.39 is 17.6 Å². The Morgan fingerprint density at radius 2 is 1.93 bits per heavy atom. The largest absolute Gasteiger partial charge is 0.344 e. The summed E-state index contributed by atoms with van der Waals surface area (Å²) >= 11 is 1.49. The van der Waals surface area contributed by atoms with E-state index in [1.165, 1.54) is 23.5 Å². The van der Waals surface area contributed by atoms with Gasteiger partial charge in [-0.3, -0.25) is 14.5 Å². The lowest BCUT2D eigenvalue weighted by molar-refractivity contribution is -0.131. The zero-order valence-electron chi connectivity index (χ0n) is 15.8.